The van der Waals surface area contributed by atoms with Crippen LogP contribution < -0.4 is 5.32 Å². The van der Waals surface area contributed by atoms with Gasteiger partial charge < -0.3 is 10.4 Å². The second kappa shape index (κ2) is 6.75. The summed E-state index contributed by atoms with van der Waals surface area (Å²) in [6.07, 6.45) is 2.38. The fourth-order valence-corrected chi connectivity index (χ4v) is 2.27. The molecule has 22 heavy (non-hydrogen) atoms. The van der Waals surface area contributed by atoms with Crippen molar-refractivity contribution in [2.45, 2.75) is 20.3 Å². The van der Waals surface area contributed by atoms with Gasteiger partial charge in [-0.3, -0.25) is 9.48 Å². The van der Waals surface area contributed by atoms with Crippen molar-refractivity contribution in [1.29, 1.82) is 0 Å². The highest BCUT2D eigenvalue weighted by molar-refractivity contribution is 5.99. The van der Waals surface area contributed by atoms with Crippen LogP contribution >= 0.6 is 0 Å². The second-order valence-corrected chi connectivity index (χ2v) is 6.25. The summed E-state index contributed by atoms with van der Waals surface area (Å²) in [5.41, 5.74) is 2.02. The van der Waals surface area contributed by atoms with Crippen LogP contribution in [-0.4, -0.2) is 33.9 Å². The first-order valence-electron chi connectivity index (χ1n) is 7.41. The van der Waals surface area contributed by atoms with Gasteiger partial charge in [0.15, 0.2) is 0 Å². The van der Waals surface area contributed by atoms with Gasteiger partial charge in [0.25, 0.3) is 5.91 Å². The lowest BCUT2D eigenvalue weighted by atomic mass is 9.89. The third-order valence-electron chi connectivity index (χ3n) is 3.64. The minimum Gasteiger partial charge on any atom is -0.396 e. The van der Waals surface area contributed by atoms with Crippen molar-refractivity contribution in [1.82, 2.24) is 15.1 Å². The van der Waals surface area contributed by atoms with Gasteiger partial charge in [0.2, 0.25) is 0 Å². The zero-order valence-electron chi connectivity index (χ0n) is 13.3. The van der Waals surface area contributed by atoms with Crippen molar-refractivity contribution >= 4 is 5.91 Å². The summed E-state index contributed by atoms with van der Waals surface area (Å²) in [7, 11) is 1.80. The second-order valence-electron chi connectivity index (χ2n) is 6.25. The quantitative estimate of drug-likeness (QED) is 0.860. The predicted octanol–water partition coefficient (Wildman–Crippen LogP) is 2.23. The predicted molar refractivity (Wildman–Crippen MR) is 86.5 cm³/mol. The van der Waals surface area contributed by atoms with E-state index in [-0.39, 0.29) is 17.9 Å². The number of carbonyl (C=O) groups is 1. The van der Waals surface area contributed by atoms with Gasteiger partial charge in [-0.1, -0.05) is 44.2 Å². The van der Waals surface area contributed by atoms with Gasteiger partial charge in [-0.25, -0.2) is 0 Å². The van der Waals surface area contributed by atoms with Crippen LogP contribution in [0.2, 0.25) is 0 Å². The highest BCUT2D eigenvalue weighted by atomic mass is 16.3. The summed E-state index contributed by atoms with van der Waals surface area (Å²) in [6, 6.07) is 9.67. The lowest BCUT2D eigenvalue weighted by Gasteiger charge is -2.23. The molecule has 0 spiro atoms. The largest absolute Gasteiger partial charge is 0.396 e. The molecule has 5 heteroatoms. The van der Waals surface area contributed by atoms with Crippen LogP contribution in [0.15, 0.2) is 36.5 Å². The lowest BCUT2D eigenvalue weighted by molar-refractivity contribution is 0.0928. The molecule has 118 valence electrons. The van der Waals surface area contributed by atoms with Crippen LogP contribution in [0.4, 0.5) is 0 Å². The molecular formula is C17H23N3O2. The Bertz CT molecular complexity index is 633. The number of aliphatic hydroxyl groups excluding tert-OH is 1. The topological polar surface area (TPSA) is 67.2 Å². The fourth-order valence-electron chi connectivity index (χ4n) is 2.27. The van der Waals surface area contributed by atoms with Crippen molar-refractivity contribution < 1.29 is 9.90 Å². The molecule has 0 aliphatic heterocycles. The van der Waals surface area contributed by atoms with E-state index in [1.54, 1.807) is 17.9 Å². The number of amides is 1. The Morgan fingerprint density at radius 2 is 2.00 bits per heavy atom. The number of aliphatic hydroxyl groups is 1. The third-order valence-corrected chi connectivity index (χ3v) is 3.64. The Hall–Kier alpha value is -2.14. The molecule has 2 N–H and O–H groups in total. The average Bonchev–Trinajstić information content (AvgIpc) is 2.88. The summed E-state index contributed by atoms with van der Waals surface area (Å²) < 4.78 is 1.65. The molecule has 1 aromatic carbocycles. The van der Waals surface area contributed by atoms with E-state index in [1.165, 1.54) is 0 Å². The fraction of sp³-hybridized carbons (Fsp3) is 0.412. The minimum atomic E-state index is -0.141. The van der Waals surface area contributed by atoms with Gasteiger partial charge in [0.1, 0.15) is 5.69 Å². The maximum absolute atomic E-state index is 12.5. The molecule has 0 aliphatic rings. The number of nitrogens with zero attached hydrogens (tertiary/aromatic N) is 2. The number of aryl methyl sites for hydroxylation is 1. The van der Waals surface area contributed by atoms with Crippen molar-refractivity contribution in [3.63, 3.8) is 0 Å². The lowest BCUT2D eigenvalue weighted by Crippen LogP contribution is -2.34. The third kappa shape index (κ3) is 3.95. The zero-order chi connectivity index (χ0) is 16.2. The first-order chi connectivity index (χ1) is 10.4. The van der Waals surface area contributed by atoms with Crippen LogP contribution in [0.25, 0.3) is 11.3 Å². The van der Waals surface area contributed by atoms with Gasteiger partial charge in [-0.05, 0) is 11.8 Å². The summed E-state index contributed by atoms with van der Waals surface area (Å²) in [5.74, 6) is -0.141. The van der Waals surface area contributed by atoms with E-state index in [4.69, 9.17) is 5.11 Å². The molecular weight excluding hydrogens is 278 g/mol. The van der Waals surface area contributed by atoms with Gasteiger partial charge in [0, 0.05) is 32.0 Å². The normalized spacial score (nSPS) is 11.5. The maximum Gasteiger partial charge on any atom is 0.255 e. The van der Waals surface area contributed by atoms with Crippen molar-refractivity contribution in [3.8, 4) is 11.3 Å². The molecule has 0 fully saturated rings. The zero-order valence-corrected chi connectivity index (χ0v) is 13.3. The highest BCUT2D eigenvalue weighted by Gasteiger charge is 2.21. The van der Waals surface area contributed by atoms with E-state index in [0.717, 1.165) is 5.56 Å². The molecule has 0 bridgehead atoms. The van der Waals surface area contributed by atoms with Crippen molar-refractivity contribution in [3.05, 3.63) is 42.1 Å². The summed E-state index contributed by atoms with van der Waals surface area (Å²) in [6.45, 7) is 4.66. The Labute approximate surface area is 131 Å². The van der Waals surface area contributed by atoms with Gasteiger partial charge in [-0.2, -0.15) is 5.10 Å². The number of aromatic nitrogens is 2. The van der Waals surface area contributed by atoms with E-state index in [2.05, 4.69) is 10.4 Å². The molecule has 2 aromatic rings. The Balaban J connectivity index is 2.17. The first kappa shape index (κ1) is 16.2. The molecule has 1 amide bonds. The number of hydrogen-bond donors (Lipinski definition) is 2. The number of rotatable bonds is 6. The van der Waals surface area contributed by atoms with Crippen LogP contribution in [-0.2, 0) is 7.05 Å². The standard InChI is InChI=1S/C17H23N3O2/c1-17(2,9-10-21)12-18-16(22)14-11-20(3)19-15(14)13-7-5-4-6-8-13/h4-8,11,21H,9-10,12H2,1-3H3,(H,18,22). The molecule has 0 aliphatic carbocycles. The van der Waals surface area contributed by atoms with Crippen LogP contribution in [0.5, 0.6) is 0 Å². The van der Waals surface area contributed by atoms with E-state index in [1.807, 2.05) is 44.2 Å². The molecule has 0 atom stereocenters. The Morgan fingerprint density at radius 3 is 2.64 bits per heavy atom. The van der Waals surface area contributed by atoms with Crippen LogP contribution in [0, 0.1) is 5.41 Å². The molecule has 0 saturated heterocycles. The van der Waals surface area contributed by atoms with Crippen molar-refractivity contribution in [2.24, 2.45) is 12.5 Å². The molecule has 0 saturated carbocycles. The van der Waals surface area contributed by atoms with Gasteiger partial charge >= 0.3 is 0 Å². The molecule has 0 unspecified atom stereocenters. The highest BCUT2D eigenvalue weighted by Crippen LogP contribution is 2.22. The average molecular weight is 301 g/mol. The van der Waals surface area contributed by atoms with E-state index >= 15 is 0 Å². The number of benzene rings is 1. The van der Waals surface area contributed by atoms with E-state index in [9.17, 15) is 4.79 Å². The van der Waals surface area contributed by atoms with Gasteiger partial charge in [0.05, 0.1) is 5.56 Å². The minimum absolute atomic E-state index is 0.116. The summed E-state index contributed by atoms with van der Waals surface area (Å²) >= 11 is 0. The first-order valence-corrected chi connectivity index (χ1v) is 7.41. The number of nitrogens with one attached hydrogen (secondary N) is 1. The molecule has 5 nitrogen and oxygen atoms in total. The molecule has 0 radical (unpaired) electrons. The van der Waals surface area contributed by atoms with E-state index < -0.39 is 0 Å². The molecule has 1 aromatic heterocycles. The SMILES string of the molecule is Cn1cc(C(=O)NCC(C)(C)CCO)c(-c2ccccc2)n1. The Kier molecular flexibility index (Phi) is 4.98. The van der Waals surface area contributed by atoms with Crippen molar-refractivity contribution in [2.75, 3.05) is 13.2 Å². The Morgan fingerprint density at radius 1 is 1.32 bits per heavy atom. The maximum atomic E-state index is 12.5. The summed E-state index contributed by atoms with van der Waals surface area (Å²) in [5, 5.41) is 16.4. The molecule has 1 heterocycles. The van der Waals surface area contributed by atoms with Crippen LogP contribution in [0.3, 0.4) is 0 Å². The van der Waals surface area contributed by atoms with E-state index in [0.29, 0.717) is 24.2 Å². The summed E-state index contributed by atoms with van der Waals surface area (Å²) in [4.78, 5) is 12.5. The monoisotopic (exact) mass is 301 g/mol. The van der Waals surface area contributed by atoms with Gasteiger partial charge in [-0.15, -0.1) is 0 Å². The molecule has 2 rings (SSSR count). The van der Waals surface area contributed by atoms with Crippen LogP contribution in [0.1, 0.15) is 30.6 Å². The number of carbonyl (C=O) groups excluding carboxylic acids is 1. The number of hydrogen-bond acceptors (Lipinski definition) is 3. The smallest absolute Gasteiger partial charge is 0.255 e.